The Morgan fingerprint density at radius 3 is 2.59 bits per heavy atom. The number of hydrogen-bond donors (Lipinski definition) is 1. The summed E-state index contributed by atoms with van der Waals surface area (Å²) in [6.45, 7) is 14.3. The normalized spacial score (nSPS) is 14.6. The van der Waals surface area contributed by atoms with Crippen molar-refractivity contribution < 1.29 is 19.0 Å². The van der Waals surface area contributed by atoms with Crippen LogP contribution in [0.5, 0.6) is 5.75 Å². The van der Waals surface area contributed by atoms with Crippen LogP contribution in [0.3, 0.4) is 0 Å². The Balaban J connectivity index is 1.66. The Hall–Kier alpha value is -3.67. The van der Waals surface area contributed by atoms with Gasteiger partial charge in [0.15, 0.2) is 11.6 Å². The quantitative estimate of drug-likeness (QED) is 0.459. The maximum Gasteiger partial charge on any atom is 0.307 e. The molecule has 5 rings (SSSR count). The highest BCUT2D eigenvalue weighted by Crippen LogP contribution is 2.43. The lowest BCUT2D eigenvalue weighted by molar-refractivity contribution is -0.136. The molecule has 0 amide bonds. The van der Waals surface area contributed by atoms with E-state index in [2.05, 4.69) is 16.5 Å². The maximum absolute atomic E-state index is 15.3. The van der Waals surface area contributed by atoms with Gasteiger partial charge in [0.25, 0.3) is 0 Å². The number of benzene rings is 2. The molecular weight excluding hydrogens is 467 g/mol. The molecule has 0 radical (unpaired) electrons. The van der Waals surface area contributed by atoms with Gasteiger partial charge in [-0.15, -0.1) is 0 Å². The average molecular weight is 501 g/mol. The highest BCUT2D eigenvalue weighted by atomic mass is 19.1. The number of aromatic nitrogens is 1. The molecule has 5 nitrogen and oxygen atoms in total. The smallest absolute Gasteiger partial charge is 0.307 e. The molecule has 3 heterocycles. The topological polar surface area (TPSA) is 62.7 Å². The molecule has 192 valence electrons. The second-order valence-electron chi connectivity index (χ2n) is 10.2. The predicted molar refractivity (Wildman–Crippen MR) is 143 cm³/mol. The number of rotatable bonds is 5. The van der Waals surface area contributed by atoms with Crippen LogP contribution >= 0.6 is 0 Å². The number of carboxylic acids is 1. The Morgan fingerprint density at radius 1 is 1.11 bits per heavy atom. The molecule has 2 aliphatic rings. The van der Waals surface area contributed by atoms with E-state index in [0.717, 1.165) is 81.7 Å². The lowest BCUT2D eigenvalue weighted by Crippen LogP contribution is -2.31. The number of nitrogens with zero attached hydrogens (tertiary/aromatic N) is 2. The number of carboxylic acid groups (broad SMARTS) is 1. The third kappa shape index (κ3) is 4.39. The zero-order valence-electron chi connectivity index (χ0n) is 22.0. The number of hydrogen-bond acceptors (Lipinski definition) is 4. The predicted octanol–water partition coefficient (Wildman–Crippen LogP) is 6.10. The van der Waals surface area contributed by atoms with Crippen LogP contribution < -0.4 is 4.74 Å². The van der Waals surface area contributed by atoms with Crippen LogP contribution in [0, 0.1) is 33.5 Å². The van der Waals surface area contributed by atoms with Crippen LogP contribution in [0.2, 0.25) is 0 Å². The van der Waals surface area contributed by atoms with Crippen LogP contribution in [0.4, 0.5) is 4.39 Å². The minimum absolute atomic E-state index is 0.102. The zero-order chi connectivity index (χ0) is 26.4. The Kier molecular flexibility index (Phi) is 6.52. The highest BCUT2D eigenvalue weighted by Gasteiger charge is 2.29. The van der Waals surface area contributed by atoms with Gasteiger partial charge in [0.05, 0.1) is 13.0 Å². The summed E-state index contributed by atoms with van der Waals surface area (Å²) in [6.07, 6.45) is 4.13. The summed E-state index contributed by atoms with van der Waals surface area (Å²) < 4.78 is 20.9. The summed E-state index contributed by atoms with van der Waals surface area (Å²) in [5.74, 6) is -0.928. The molecule has 2 aromatic carbocycles. The van der Waals surface area contributed by atoms with Gasteiger partial charge >= 0.3 is 5.97 Å². The Bertz CT molecular complexity index is 1430. The second-order valence-corrected chi connectivity index (χ2v) is 10.2. The van der Waals surface area contributed by atoms with Gasteiger partial charge in [0.2, 0.25) is 0 Å². The van der Waals surface area contributed by atoms with Crippen LogP contribution in [0.1, 0.15) is 56.6 Å². The molecule has 0 unspecified atom stereocenters. The third-order valence-corrected chi connectivity index (χ3v) is 8.04. The molecule has 0 spiro atoms. The van der Waals surface area contributed by atoms with Crippen molar-refractivity contribution in [1.82, 2.24) is 9.88 Å². The van der Waals surface area contributed by atoms with E-state index in [1.54, 1.807) is 0 Å². The van der Waals surface area contributed by atoms with Crippen LogP contribution in [-0.2, 0) is 30.6 Å². The van der Waals surface area contributed by atoms with Gasteiger partial charge in [-0.3, -0.25) is 9.78 Å². The first-order chi connectivity index (χ1) is 17.7. The molecule has 0 aliphatic carbocycles. The SMILES string of the molecule is C=C(c1ccc(C)nc1)N1CCc2c(C)c(CC(=O)O)c(-c3cc(F)c4c(c3C)CCCO4)c(C)c2C1. The van der Waals surface area contributed by atoms with Gasteiger partial charge in [-0.05, 0) is 110 Å². The van der Waals surface area contributed by atoms with E-state index in [9.17, 15) is 9.90 Å². The van der Waals surface area contributed by atoms with E-state index in [0.29, 0.717) is 18.9 Å². The first-order valence-electron chi connectivity index (χ1n) is 12.8. The molecule has 0 saturated heterocycles. The number of fused-ring (bicyclic) bond motifs is 2. The van der Waals surface area contributed by atoms with E-state index in [-0.39, 0.29) is 12.2 Å². The van der Waals surface area contributed by atoms with Crippen LogP contribution in [-0.4, -0.2) is 34.1 Å². The molecule has 0 bridgehead atoms. The second kappa shape index (κ2) is 9.66. The molecule has 1 N–H and O–H groups in total. The minimum Gasteiger partial charge on any atom is -0.490 e. The lowest BCUT2D eigenvalue weighted by atomic mass is 9.79. The number of aliphatic carboxylic acids is 1. The summed E-state index contributed by atoms with van der Waals surface area (Å²) in [6, 6.07) is 5.57. The number of halogens is 1. The van der Waals surface area contributed by atoms with Crippen molar-refractivity contribution >= 4 is 11.7 Å². The Morgan fingerprint density at radius 2 is 1.89 bits per heavy atom. The van der Waals surface area contributed by atoms with Gasteiger partial charge in [-0.2, -0.15) is 0 Å². The summed E-state index contributed by atoms with van der Waals surface area (Å²) in [4.78, 5) is 18.7. The number of carbonyl (C=O) groups is 1. The largest absolute Gasteiger partial charge is 0.490 e. The van der Waals surface area contributed by atoms with E-state index >= 15 is 4.39 Å². The lowest BCUT2D eigenvalue weighted by Gasteiger charge is -2.36. The molecule has 0 atom stereocenters. The molecular formula is C31H33FN2O3. The molecule has 0 saturated carbocycles. The summed E-state index contributed by atoms with van der Waals surface area (Å²) in [5, 5.41) is 9.81. The summed E-state index contributed by atoms with van der Waals surface area (Å²) in [7, 11) is 0. The van der Waals surface area contributed by atoms with Gasteiger partial charge in [-0.25, -0.2) is 4.39 Å². The number of pyridine rings is 1. The third-order valence-electron chi connectivity index (χ3n) is 8.04. The van der Waals surface area contributed by atoms with Gasteiger partial charge < -0.3 is 14.7 Å². The van der Waals surface area contributed by atoms with Crippen molar-refractivity contribution in [2.45, 2.75) is 59.9 Å². The van der Waals surface area contributed by atoms with E-state index < -0.39 is 5.97 Å². The van der Waals surface area contributed by atoms with Gasteiger partial charge in [0.1, 0.15) is 0 Å². The number of ether oxygens (including phenoxy) is 1. The summed E-state index contributed by atoms with van der Waals surface area (Å²) in [5.41, 5.74) is 11.5. The highest BCUT2D eigenvalue weighted by molar-refractivity contribution is 5.84. The Labute approximate surface area is 217 Å². The summed E-state index contributed by atoms with van der Waals surface area (Å²) >= 11 is 0. The van der Waals surface area contributed by atoms with Crippen LogP contribution in [0.25, 0.3) is 16.8 Å². The molecule has 3 aromatic rings. The molecule has 0 fully saturated rings. The standard InChI is InChI=1S/C31H33FN2O3/c1-17-8-9-22(15-33-17)21(5)34-11-10-23-18(2)26(14-29(35)36)30(20(4)27(23)16-34)25-13-28(32)31-24(19(25)3)7-6-12-37-31/h8-9,13,15H,5-7,10-12,14,16H2,1-4H3,(H,35,36). The number of aryl methyl sites for hydroxylation is 1. The van der Waals surface area contributed by atoms with Crippen LogP contribution in [0.15, 0.2) is 31.0 Å². The first-order valence-corrected chi connectivity index (χ1v) is 12.8. The molecule has 1 aromatic heterocycles. The monoisotopic (exact) mass is 500 g/mol. The van der Waals surface area contributed by atoms with Crippen molar-refractivity contribution in [3.8, 4) is 16.9 Å². The minimum atomic E-state index is -0.888. The van der Waals surface area contributed by atoms with Crippen molar-refractivity contribution in [2.24, 2.45) is 0 Å². The van der Waals surface area contributed by atoms with Crippen molar-refractivity contribution in [3.63, 3.8) is 0 Å². The van der Waals surface area contributed by atoms with Gasteiger partial charge in [-0.1, -0.05) is 6.58 Å². The van der Waals surface area contributed by atoms with Crippen molar-refractivity contribution in [2.75, 3.05) is 13.2 Å². The van der Waals surface area contributed by atoms with Crippen molar-refractivity contribution in [1.29, 1.82) is 0 Å². The fourth-order valence-electron chi connectivity index (χ4n) is 5.97. The van der Waals surface area contributed by atoms with E-state index in [4.69, 9.17) is 4.74 Å². The molecule has 2 aliphatic heterocycles. The van der Waals surface area contributed by atoms with Crippen molar-refractivity contribution in [3.05, 3.63) is 87.0 Å². The first kappa shape index (κ1) is 25.0. The zero-order valence-corrected chi connectivity index (χ0v) is 22.0. The average Bonchev–Trinajstić information content (AvgIpc) is 2.89. The molecule has 6 heteroatoms. The fourth-order valence-corrected chi connectivity index (χ4v) is 5.97. The molecule has 37 heavy (non-hydrogen) atoms. The van der Waals surface area contributed by atoms with Gasteiger partial charge in [0, 0.05) is 41.8 Å². The van der Waals surface area contributed by atoms with E-state index in [1.165, 1.54) is 17.2 Å². The maximum atomic E-state index is 15.3. The van der Waals surface area contributed by atoms with E-state index in [1.807, 2.05) is 46.0 Å². The fraction of sp³-hybridized carbons (Fsp3) is 0.355.